The van der Waals surface area contributed by atoms with Crippen molar-refractivity contribution in [1.82, 2.24) is 5.09 Å². The number of benzene rings is 3. The van der Waals surface area contributed by atoms with Crippen molar-refractivity contribution in [2.45, 2.75) is 13.0 Å². The molecule has 0 bridgehead atoms. The lowest BCUT2D eigenvalue weighted by molar-refractivity contribution is -0.384. The summed E-state index contributed by atoms with van der Waals surface area (Å²) in [5.41, 5.74) is -0.172. The first kappa shape index (κ1) is 20.3. The summed E-state index contributed by atoms with van der Waals surface area (Å²) in [7, 11) is -4.22. The van der Waals surface area contributed by atoms with Gasteiger partial charge in [-0.25, -0.2) is 4.57 Å². The average molecular weight is 416 g/mol. The van der Waals surface area contributed by atoms with Crippen molar-refractivity contribution in [3.63, 3.8) is 0 Å². The molecule has 0 radical (unpaired) electrons. The number of nitro groups is 1. The zero-order valence-corrected chi connectivity index (χ0v) is 16.1. The van der Waals surface area contributed by atoms with Gasteiger partial charge in [0.1, 0.15) is 17.5 Å². The molecule has 0 saturated carbocycles. The molecule has 0 aliphatic heterocycles. The van der Waals surface area contributed by atoms with Crippen LogP contribution in [0.5, 0.6) is 11.5 Å². The van der Waals surface area contributed by atoms with Gasteiger partial charge in [0.15, 0.2) is 0 Å². The molecule has 3 aromatic carbocycles. The molecule has 0 amide bonds. The Morgan fingerprint density at radius 3 is 2.38 bits per heavy atom. The quantitative estimate of drug-likeness (QED) is 0.315. The van der Waals surface area contributed by atoms with Gasteiger partial charge >= 0.3 is 13.7 Å². The smallest absolute Gasteiger partial charge is 0.480 e. The van der Waals surface area contributed by atoms with Crippen LogP contribution in [0.1, 0.15) is 6.92 Å². The van der Waals surface area contributed by atoms with Crippen LogP contribution < -0.4 is 14.1 Å². The van der Waals surface area contributed by atoms with Crippen molar-refractivity contribution in [3.8, 4) is 11.5 Å². The third-order valence-electron chi connectivity index (χ3n) is 3.96. The fourth-order valence-corrected chi connectivity index (χ4v) is 4.08. The maximum atomic E-state index is 13.4. The molecular weight excluding hydrogens is 399 g/mol. The molecule has 3 aromatic rings. The van der Waals surface area contributed by atoms with Crippen LogP contribution in [0, 0.1) is 10.1 Å². The molecule has 0 saturated heterocycles. The Hall–Kier alpha value is -3.42. The molecule has 2 unspecified atom stereocenters. The number of carbonyl (C=O) groups is 1. The normalized spacial score (nSPS) is 14.0. The summed E-state index contributed by atoms with van der Waals surface area (Å²) in [5.74, 6) is -0.998. The zero-order chi connectivity index (χ0) is 21.0. The molecule has 0 aromatic heterocycles. The Morgan fingerprint density at radius 2 is 1.72 bits per heavy atom. The number of carboxylic acid groups (broad SMARTS) is 1. The molecular formula is C19H17N2O7P. The van der Waals surface area contributed by atoms with Gasteiger partial charge in [0, 0.05) is 17.5 Å². The van der Waals surface area contributed by atoms with Crippen molar-refractivity contribution in [2.24, 2.45) is 0 Å². The van der Waals surface area contributed by atoms with Gasteiger partial charge < -0.3 is 14.2 Å². The van der Waals surface area contributed by atoms with Crippen LogP contribution in [0.25, 0.3) is 10.8 Å². The maximum absolute atomic E-state index is 13.4. The second-order valence-corrected chi connectivity index (χ2v) is 7.72. The predicted molar refractivity (Wildman–Crippen MR) is 106 cm³/mol. The zero-order valence-electron chi connectivity index (χ0n) is 15.2. The molecule has 3 rings (SSSR count). The minimum absolute atomic E-state index is 0.0178. The molecule has 0 heterocycles. The molecule has 0 aliphatic carbocycles. The first-order valence-corrected chi connectivity index (χ1v) is 10.0. The summed E-state index contributed by atoms with van der Waals surface area (Å²) in [6.45, 7) is 1.29. The van der Waals surface area contributed by atoms with E-state index < -0.39 is 24.7 Å². The summed E-state index contributed by atoms with van der Waals surface area (Å²) < 4.78 is 24.5. The largest absolute Gasteiger partial charge is 0.513 e. The SMILES string of the molecule is CC(NP(=O)(Oc1ccc([N+](=O)[O-])cc1)Oc1cccc2ccccc12)C(=O)O. The van der Waals surface area contributed by atoms with Crippen LogP contribution in [0.4, 0.5) is 5.69 Å². The maximum Gasteiger partial charge on any atom is 0.513 e. The fourth-order valence-electron chi connectivity index (χ4n) is 2.54. The molecule has 10 heteroatoms. The number of carboxylic acids is 1. The molecule has 29 heavy (non-hydrogen) atoms. The number of rotatable bonds is 8. The molecule has 2 N–H and O–H groups in total. The van der Waals surface area contributed by atoms with Crippen molar-refractivity contribution in [3.05, 3.63) is 76.8 Å². The molecule has 2 atom stereocenters. The number of aliphatic carboxylic acids is 1. The van der Waals surface area contributed by atoms with Gasteiger partial charge in [-0.15, -0.1) is 0 Å². The third kappa shape index (κ3) is 4.90. The van der Waals surface area contributed by atoms with Gasteiger partial charge in [-0.1, -0.05) is 36.4 Å². The summed E-state index contributed by atoms with van der Waals surface area (Å²) >= 11 is 0. The average Bonchev–Trinajstić information content (AvgIpc) is 2.68. The summed E-state index contributed by atoms with van der Waals surface area (Å²) in [5, 5.41) is 23.8. The number of nitrogens with zero attached hydrogens (tertiary/aromatic N) is 1. The van der Waals surface area contributed by atoms with Gasteiger partial charge in [0.25, 0.3) is 5.69 Å². The number of hydrogen-bond acceptors (Lipinski definition) is 6. The Morgan fingerprint density at radius 1 is 1.07 bits per heavy atom. The van der Waals surface area contributed by atoms with Crippen molar-refractivity contribution in [2.75, 3.05) is 0 Å². The highest BCUT2D eigenvalue weighted by atomic mass is 31.2. The second-order valence-electron chi connectivity index (χ2n) is 6.10. The first-order valence-electron chi connectivity index (χ1n) is 8.49. The van der Waals surface area contributed by atoms with E-state index in [1.165, 1.54) is 31.2 Å². The number of nitro benzene ring substituents is 1. The Bertz CT molecular complexity index is 1100. The van der Waals surface area contributed by atoms with Crippen LogP contribution in [0.2, 0.25) is 0 Å². The highest BCUT2D eigenvalue weighted by molar-refractivity contribution is 7.52. The van der Waals surface area contributed by atoms with Crippen LogP contribution in [-0.2, 0) is 9.36 Å². The van der Waals surface area contributed by atoms with E-state index in [4.69, 9.17) is 9.05 Å². The third-order valence-corrected chi connectivity index (χ3v) is 5.56. The van der Waals surface area contributed by atoms with E-state index in [1.807, 2.05) is 18.2 Å². The number of non-ortho nitro benzene ring substituents is 1. The topological polar surface area (TPSA) is 128 Å². The number of nitrogens with one attached hydrogen (secondary N) is 1. The van der Waals surface area contributed by atoms with Crippen molar-refractivity contribution >= 4 is 30.2 Å². The Balaban J connectivity index is 1.95. The minimum atomic E-state index is -4.22. The van der Waals surface area contributed by atoms with Gasteiger partial charge in [-0.05, 0) is 30.5 Å². The summed E-state index contributed by atoms with van der Waals surface area (Å²) in [6.07, 6.45) is 0. The monoisotopic (exact) mass is 416 g/mol. The van der Waals surface area contributed by atoms with Crippen molar-refractivity contribution in [1.29, 1.82) is 0 Å². The molecule has 0 spiro atoms. The van der Waals surface area contributed by atoms with Gasteiger partial charge in [-0.2, -0.15) is 5.09 Å². The van der Waals surface area contributed by atoms with Crippen LogP contribution in [-0.4, -0.2) is 22.0 Å². The molecule has 0 aliphatic rings. The van der Waals surface area contributed by atoms with Gasteiger partial charge in [0.05, 0.1) is 4.92 Å². The molecule has 150 valence electrons. The molecule has 0 fully saturated rings. The minimum Gasteiger partial charge on any atom is -0.480 e. The van der Waals surface area contributed by atoms with E-state index in [9.17, 15) is 24.6 Å². The highest BCUT2D eigenvalue weighted by Gasteiger charge is 2.33. The summed E-state index contributed by atoms with van der Waals surface area (Å²) in [4.78, 5) is 21.5. The highest BCUT2D eigenvalue weighted by Crippen LogP contribution is 2.47. The van der Waals surface area contributed by atoms with Gasteiger partial charge in [-0.3, -0.25) is 14.9 Å². The van der Waals surface area contributed by atoms with E-state index in [2.05, 4.69) is 5.09 Å². The lowest BCUT2D eigenvalue weighted by Gasteiger charge is -2.22. The summed E-state index contributed by atoms with van der Waals surface area (Å²) in [6, 6.07) is 16.0. The second kappa shape index (κ2) is 8.30. The van der Waals surface area contributed by atoms with Crippen LogP contribution in [0.3, 0.4) is 0 Å². The van der Waals surface area contributed by atoms with E-state index in [-0.39, 0.29) is 17.2 Å². The lowest BCUT2D eigenvalue weighted by Crippen LogP contribution is -2.34. The van der Waals surface area contributed by atoms with E-state index in [1.54, 1.807) is 24.3 Å². The lowest BCUT2D eigenvalue weighted by atomic mass is 10.1. The predicted octanol–water partition coefficient (Wildman–Crippen LogP) is 4.38. The number of hydrogen-bond donors (Lipinski definition) is 2. The van der Waals surface area contributed by atoms with Crippen LogP contribution >= 0.6 is 7.75 Å². The van der Waals surface area contributed by atoms with Crippen LogP contribution in [0.15, 0.2) is 66.7 Å². The Kier molecular flexibility index (Phi) is 5.81. The molecule has 9 nitrogen and oxygen atoms in total. The first-order chi connectivity index (χ1) is 13.8. The number of fused-ring (bicyclic) bond motifs is 1. The standard InChI is InChI=1S/C19H17N2O7P/c1-13(19(22)23)20-29(26,27-16-11-9-15(10-12-16)21(24)25)28-18-8-4-6-14-5-2-3-7-17(14)18/h2-13H,1H3,(H,20,26)(H,22,23). The van der Waals surface area contributed by atoms with E-state index in [0.29, 0.717) is 5.39 Å². The van der Waals surface area contributed by atoms with Gasteiger partial charge in [0.2, 0.25) is 0 Å². The van der Waals surface area contributed by atoms with E-state index >= 15 is 0 Å². The Labute approximate surface area is 165 Å². The van der Waals surface area contributed by atoms with E-state index in [0.717, 1.165) is 5.39 Å². The van der Waals surface area contributed by atoms with Crippen molar-refractivity contribution < 1.29 is 28.4 Å². The fraction of sp³-hybridized carbons (Fsp3) is 0.105.